The minimum atomic E-state index is -0.825. The van der Waals surface area contributed by atoms with E-state index in [9.17, 15) is 4.79 Å². The molecule has 0 spiro atoms. The number of hydrogen-bond acceptors (Lipinski definition) is 2. The van der Waals surface area contributed by atoms with Crippen molar-refractivity contribution in [2.24, 2.45) is 0 Å². The number of benzene rings is 1. The van der Waals surface area contributed by atoms with Crippen LogP contribution < -0.4 is 0 Å². The molecule has 0 saturated carbocycles. The van der Waals surface area contributed by atoms with Gasteiger partial charge in [-0.05, 0) is 34.1 Å². The van der Waals surface area contributed by atoms with Crippen molar-refractivity contribution in [1.29, 1.82) is 0 Å². The Morgan fingerprint density at radius 2 is 1.94 bits per heavy atom. The van der Waals surface area contributed by atoms with Gasteiger partial charge in [-0.25, -0.2) is 4.79 Å². The maximum atomic E-state index is 11.9. The van der Waals surface area contributed by atoms with Crippen molar-refractivity contribution in [3.63, 3.8) is 0 Å². The molecule has 0 N–H and O–H groups in total. The van der Waals surface area contributed by atoms with Gasteiger partial charge in [0.05, 0.1) is 10.4 Å². The lowest BCUT2D eigenvalue weighted by molar-refractivity contribution is 0.0354. The van der Waals surface area contributed by atoms with Gasteiger partial charge >= 0.3 is 5.97 Å². The Morgan fingerprint density at radius 3 is 2.59 bits per heavy atom. The fourth-order valence-corrected chi connectivity index (χ4v) is 2.31. The van der Waals surface area contributed by atoms with Crippen molar-refractivity contribution < 1.29 is 9.53 Å². The lowest BCUT2D eigenvalue weighted by Gasteiger charge is -2.29. The lowest BCUT2D eigenvalue weighted by atomic mass is 10.1. The molecule has 0 aromatic heterocycles. The molecule has 1 aliphatic carbocycles. The highest BCUT2D eigenvalue weighted by molar-refractivity contribution is 9.12. The Hall–Kier alpha value is -0.870. The van der Waals surface area contributed by atoms with Crippen molar-refractivity contribution in [3.8, 4) is 0 Å². The maximum Gasteiger partial charge on any atom is 0.339 e. The van der Waals surface area contributed by atoms with E-state index in [1.54, 1.807) is 30.3 Å². The molecule has 88 valence electrons. The molecule has 0 radical (unpaired) electrons. The SMILES string of the molecule is O=C(OC1(Br)C=CC=CC1Br)c1ccccc1. The highest BCUT2D eigenvalue weighted by Crippen LogP contribution is 2.35. The number of halogens is 2. The Kier molecular flexibility index (Phi) is 3.84. The van der Waals surface area contributed by atoms with Gasteiger partial charge in [-0.15, -0.1) is 0 Å². The predicted molar refractivity (Wildman–Crippen MR) is 74.5 cm³/mol. The Morgan fingerprint density at radius 1 is 1.24 bits per heavy atom. The van der Waals surface area contributed by atoms with E-state index < -0.39 is 4.51 Å². The normalized spacial score (nSPS) is 26.8. The summed E-state index contributed by atoms with van der Waals surface area (Å²) in [7, 11) is 0. The summed E-state index contributed by atoms with van der Waals surface area (Å²) in [5.41, 5.74) is 0.536. The van der Waals surface area contributed by atoms with E-state index in [2.05, 4.69) is 31.9 Å². The third-order valence-electron chi connectivity index (χ3n) is 2.35. The number of hydrogen-bond donors (Lipinski definition) is 0. The smallest absolute Gasteiger partial charge is 0.339 e. The monoisotopic (exact) mass is 356 g/mol. The van der Waals surface area contributed by atoms with Crippen LogP contribution in [0.2, 0.25) is 0 Å². The number of carbonyl (C=O) groups is 1. The highest BCUT2D eigenvalue weighted by Gasteiger charge is 2.36. The summed E-state index contributed by atoms with van der Waals surface area (Å²) in [6, 6.07) is 8.92. The van der Waals surface area contributed by atoms with Crippen molar-refractivity contribution in [3.05, 3.63) is 60.2 Å². The second kappa shape index (κ2) is 5.19. The molecular formula is C13H10Br2O2. The molecule has 2 unspecified atom stereocenters. The molecule has 0 amide bonds. The largest absolute Gasteiger partial charge is 0.438 e. The third-order valence-corrected chi connectivity index (χ3v) is 4.87. The number of ether oxygens (including phenoxy) is 1. The number of alkyl halides is 2. The van der Waals surface area contributed by atoms with Crippen LogP contribution >= 0.6 is 31.9 Å². The van der Waals surface area contributed by atoms with Crippen molar-refractivity contribution in [2.45, 2.75) is 9.34 Å². The second-order valence-electron chi connectivity index (χ2n) is 3.60. The molecule has 0 aliphatic heterocycles. The summed E-state index contributed by atoms with van der Waals surface area (Å²) in [5.74, 6) is -0.355. The zero-order valence-electron chi connectivity index (χ0n) is 8.85. The molecule has 0 fully saturated rings. The summed E-state index contributed by atoms with van der Waals surface area (Å²) in [5, 5.41) is 0. The number of allylic oxidation sites excluding steroid dienone is 2. The first kappa shape index (κ1) is 12.6. The van der Waals surface area contributed by atoms with Crippen LogP contribution in [-0.4, -0.2) is 15.3 Å². The van der Waals surface area contributed by atoms with Gasteiger partial charge in [0, 0.05) is 0 Å². The van der Waals surface area contributed by atoms with Crippen molar-refractivity contribution in [2.75, 3.05) is 0 Å². The van der Waals surface area contributed by atoms with Crippen LogP contribution in [-0.2, 0) is 4.74 Å². The van der Waals surface area contributed by atoms with Crippen LogP contribution in [0.4, 0.5) is 0 Å². The molecule has 2 atom stereocenters. The molecule has 4 heteroatoms. The summed E-state index contributed by atoms with van der Waals surface area (Å²) in [6.07, 6.45) is 7.44. The van der Waals surface area contributed by atoms with Gasteiger partial charge in [-0.2, -0.15) is 0 Å². The molecular weight excluding hydrogens is 348 g/mol. The van der Waals surface area contributed by atoms with Gasteiger partial charge in [0.2, 0.25) is 4.51 Å². The van der Waals surface area contributed by atoms with Gasteiger partial charge in [0.25, 0.3) is 0 Å². The molecule has 0 bridgehead atoms. The third kappa shape index (κ3) is 2.87. The van der Waals surface area contributed by atoms with Crippen LogP contribution in [0.5, 0.6) is 0 Å². The fourth-order valence-electron chi connectivity index (χ4n) is 1.44. The molecule has 2 rings (SSSR count). The van der Waals surface area contributed by atoms with E-state index in [0.717, 1.165) is 0 Å². The Balaban J connectivity index is 2.14. The van der Waals surface area contributed by atoms with E-state index in [-0.39, 0.29) is 10.8 Å². The van der Waals surface area contributed by atoms with Crippen LogP contribution in [0.25, 0.3) is 0 Å². The van der Waals surface area contributed by atoms with E-state index >= 15 is 0 Å². The standard InChI is InChI=1S/C13H10Br2O2/c14-11-8-4-5-9-13(11,15)17-12(16)10-6-2-1-3-7-10/h1-9,11H. The minimum Gasteiger partial charge on any atom is -0.438 e. The van der Waals surface area contributed by atoms with Gasteiger partial charge in [-0.3, -0.25) is 0 Å². The first-order chi connectivity index (χ1) is 8.12. The van der Waals surface area contributed by atoms with Crippen molar-refractivity contribution >= 4 is 37.8 Å². The molecule has 1 aliphatic rings. The average Bonchev–Trinajstić information content (AvgIpc) is 2.34. The number of carbonyl (C=O) groups excluding carboxylic acids is 1. The molecule has 1 aromatic carbocycles. The summed E-state index contributed by atoms with van der Waals surface area (Å²) in [4.78, 5) is 11.8. The first-order valence-electron chi connectivity index (χ1n) is 5.09. The zero-order chi connectivity index (χ0) is 12.3. The molecule has 0 heterocycles. The number of rotatable bonds is 2. The van der Waals surface area contributed by atoms with Crippen LogP contribution in [0, 0.1) is 0 Å². The van der Waals surface area contributed by atoms with E-state index in [1.165, 1.54) is 0 Å². The lowest BCUT2D eigenvalue weighted by Crippen LogP contribution is -2.35. The van der Waals surface area contributed by atoms with Crippen LogP contribution in [0.15, 0.2) is 54.6 Å². The zero-order valence-corrected chi connectivity index (χ0v) is 12.0. The van der Waals surface area contributed by atoms with E-state index in [0.29, 0.717) is 5.56 Å². The van der Waals surface area contributed by atoms with Gasteiger partial charge < -0.3 is 4.74 Å². The Bertz CT molecular complexity index is 468. The topological polar surface area (TPSA) is 26.3 Å². The van der Waals surface area contributed by atoms with Crippen LogP contribution in [0.3, 0.4) is 0 Å². The number of esters is 1. The predicted octanol–water partition coefficient (Wildman–Crippen LogP) is 3.82. The molecule has 1 aromatic rings. The van der Waals surface area contributed by atoms with Gasteiger partial charge in [0.1, 0.15) is 0 Å². The van der Waals surface area contributed by atoms with Crippen LogP contribution in [0.1, 0.15) is 10.4 Å². The summed E-state index contributed by atoms with van der Waals surface area (Å²) in [6.45, 7) is 0. The van der Waals surface area contributed by atoms with E-state index in [1.807, 2.05) is 24.3 Å². The highest BCUT2D eigenvalue weighted by atomic mass is 79.9. The summed E-state index contributed by atoms with van der Waals surface area (Å²) < 4.78 is 4.65. The second-order valence-corrected chi connectivity index (χ2v) is 5.82. The fraction of sp³-hybridized carbons (Fsp3) is 0.154. The molecule has 2 nitrogen and oxygen atoms in total. The first-order valence-corrected chi connectivity index (χ1v) is 6.80. The molecule has 17 heavy (non-hydrogen) atoms. The van der Waals surface area contributed by atoms with Gasteiger partial charge in [-0.1, -0.05) is 52.4 Å². The molecule has 0 saturated heterocycles. The maximum absolute atomic E-state index is 11.9. The van der Waals surface area contributed by atoms with E-state index in [4.69, 9.17) is 4.74 Å². The summed E-state index contributed by atoms with van der Waals surface area (Å²) >= 11 is 6.88. The van der Waals surface area contributed by atoms with Gasteiger partial charge in [0.15, 0.2) is 0 Å². The average molecular weight is 358 g/mol. The quantitative estimate of drug-likeness (QED) is 0.594. The van der Waals surface area contributed by atoms with Crippen molar-refractivity contribution in [1.82, 2.24) is 0 Å². The Labute approximate surface area is 117 Å². The minimum absolute atomic E-state index is 0.0901.